The molecular weight excluding hydrogens is 280 g/mol. The Hall–Kier alpha value is -1.14. The van der Waals surface area contributed by atoms with Crippen LogP contribution in [0.4, 0.5) is 0 Å². The van der Waals surface area contributed by atoms with Crippen molar-refractivity contribution in [2.75, 3.05) is 45.8 Å². The molecule has 0 aromatic carbocycles. The van der Waals surface area contributed by atoms with Crippen molar-refractivity contribution < 1.29 is 9.59 Å². The third-order valence-corrected chi connectivity index (χ3v) is 4.51. The first kappa shape index (κ1) is 17.2. The van der Waals surface area contributed by atoms with Gasteiger partial charge in [-0.15, -0.1) is 0 Å². The van der Waals surface area contributed by atoms with Crippen molar-refractivity contribution in [2.24, 2.45) is 5.92 Å². The highest BCUT2D eigenvalue weighted by Gasteiger charge is 2.34. The van der Waals surface area contributed by atoms with Crippen molar-refractivity contribution in [2.45, 2.75) is 39.2 Å². The van der Waals surface area contributed by atoms with Crippen molar-refractivity contribution in [1.82, 2.24) is 20.4 Å². The first-order valence-electron chi connectivity index (χ1n) is 8.60. The predicted octanol–water partition coefficient (Wildman–Crippen LogP) is 0.0449. The zero-order chi connectivity index (χ0) is 15.9. The van der Waals surface area contributed by atoms with E-state index < -0.39 is 0 Å². The average molecular weight is 310 g/mol. The maximum atomic E-state index is 12.4. The summed E-state index contributed by atoms with van der Waals surface area (Å²) in [6.45, 7) is 10.7. The van der Waals surface area contributed by atoms with Gasteiger partial charge in [0.05, 0.1) is 0 Å². The molecule has 0 spiro atoms. The van der Waals surface area contributed by atoms with Crippen molar-refractivity contribution >= 4 is 11.8 Å². The second-order valence-corrected chi connectivity index (χ2v) is 6.62. The van der Waals surface area contributed by atoms with E-state index in [1.807, 2.05) is 13.8 Å². The van der Waals surface area contributed by atoms with Gasteiger partial charge in [-0.3, -0.25) is 9.59 Å². The van der Waals surface area contributed by atoms with Crippen LogP contribution in [0.1, 0.15) is 33.1 Å². The fraction of sp³-hybridized carbons (Fsp3) is 0.875. The van der Waals surface area contributed by atoms with Crippen LogP contribution in [-0.4, -0.2) is 73.5 Å². The van der Waals surface area contributed by atoms with Gasteiger partial charge in [0.2, 0.25) is 11.8 Å². The van der Waals surface area contributed by atoms with Gasteiger partial charge in [-0.2, -0.15) is 0 Å². The highest BCUT2D eigenvalue weighted by atomic mass is 16.2. The molecule has 0 saturated carbocycles. The lowest BCUT2D eigenvalue weighted by atomic mass is 10.0. The summed E-state index contributed by atoms with van der Waals surface area (Å²) < 4.78 is 0. The number of rotatable bonds is 7. The van der Waals surface area contributed by atoms with E-state index in [-0.39, 0.29) is 23.8 Å². The maximum absolute atomic E-state index is 12.4. The molecule has 0 aromatic heterocycles. The zero-order valence-corrected chi connectivity index (χ0v) is 13.9. The van der Waals surface area contributed by atoms with Crippen LogP contribution in [0.15, 0.2) is 0 Å². The van der Waals surface area contributed by atoms with Crippen LogP contribution in [0.2, 0.25) is 0 Å². The summed E-state index contributed by atoms with van der Waals surface area (Å²) >= 11 is 0. The number of carbonyl (C=O) groups is 2. The Bertz CT molecular complexity index is 380. The minimum absolute atomic E-state index is 0.00515. The molecule has 6 nitrogen and oxygen atoms in total. The SMILES string of the molecule is CC(C)C(C(=O)NCCCN1CCNCC1)N1CCCC1=O. The molecule has 0 bridgehead atoms. The fourth-order valence-electron chi connectivity index (χ4n) is 3.32. The molecule has 126 valence electrons. The summed E-state index contributed by atoms with van der Waals surface area (Å²) in [5.74, 6) is 0.274. The lowest BCUT2D eigenvalue weighted by molar-refractivity contribution is -0.139. The summed E-state index contributed by atoms with van der Waals surface area (Å²) in [7, 11) is 0. The van der Waals surface area contributed by atoms with Gasteiger partial charge in [0, 0.05) is 45.7 Å². The Morgan fingerprint density at radius 3 is 2.59 bits per heavy atom. The van der Waals surface area contributed by atoms with E-state index in [1.54, 1.807) is 4.90 Å². The molecule has 2 N–H and O–H groups in total. The monoisotopic (exact) mass is 310 g/mol. The normalized spacial score (nSPS) is 21.4. The summed E-state index contributed by atoms with van der Waals surface area (Å²) in [6, 6.07) is -0.311. The third-order valence-electron chi connectivity index (χ3n) is 4.51. The van der Waals surface area contributed by atoms with Crippen LogP contribution < -0.4 is 10.6 Å². The van der Waals surface area contributed by atoms with Crippen LogP contribution in [-0.2, 0) is 9.59 Å². The summed E-state index contributed by atoms with van der Waals surface area (Å²) in [5.41, 5.74) is 0. The van der Waals surface area contributed by atoms with Gasteiger partial charge in [0.15, 0.2) is 0 Å². The molecule has 2 fully saturated rings. The lowest BCUT2D eigenvalue weighted by Crippen LogP contribution is -2.51. The minimum atomic E-state index is -0.311. The van der Waals surface area contributed by atoms with E-state index >= 15 is 0 Å². The Morgan fingerprint density at radius 1 is 1.27 bits per heavy atom. The van der Waals surface area contributed by atoms with Gasteiger partial charge in [0.1, 0.15) is 6.04 Å². The summed E-state index contributed by atoms with van der Waals surface area (Å²) in [6.07, 6.45) is 2.42. The minimum Gasteiger partial charge on any atom is -0.354 e. The molecule has 2 aliphatic heterocycles. The van der Waals surface area contributed by atoms with Crippen LogP contribution in [0.25, 0.3) is 0 Å². The first-order chi connectivity index (χ1) is 10.6. The van der Waals surface area contributed by atoms with Crippen LogP contribution >= 0.6 is 0 Å². The van der Waals surface area contributed by atoms with E-state index in [9.17, 15) is 9.59 Å². The second kappa shape index (κ2) is 8.48. The van der Waals surface area contributed by atoms with Crippen molar-refractivity contribution in [3.63, 3.8) is 0 Å². The number of nitrogens with zero attached hydrogens (tertiary/aromatic N) is 2. The molecule has 2 amide bonds. The molecule has 22 heavy (non-hydrogen) atoms. The Labute approximate surface area is 133 Å². The van der Waals surface area contributed by atoms with Crippen LogP contribution in [0.3, 0.4) is 0 Å². The average Bonchev–Trinajstić information content (AvgIpc) is 2.91. The van der Waals surface area contributed by atoms with Gasteiger partial charge < -0.3 is 20.4 Å². The highest BCUT2D eigenvalue weighted by Crippen LogP contribution is 2.19. The number of hydrogen-bond donors (Lipinski definition) is 2. The van der Waals surface area contributed by atoms with Gasteiger partial charge >= 0.3 is 0 Å². The Balaban J connectivity index is 1.72. The predicted molar refractivity (Wildman–Crippen MR) is 86.5 cm³/mol. The largest absolute Gasteiger partial charge is 0.354 e. The standard InChI is InChI=1S/C16H30N4O2/c1-13(2)15(20-10-3-5-14(20)21)16(22)18-6-4-9-19-11-7-17-8-12-19/h13,15,17H,3-12H2,1-2H3,(H,18,22). The quantitative estimate of drug-likeness (QED) is 0.652. The van der Waals surface area contributed by atoms with Crippen LogP contribution in [0.5, 0.6) is 0 Å². The van der Waals surface area contributed by atoms with Gasteiger partial charge in [-0.1, -0.05) is 13.8 Å². The molecule has 6 heteroatoms. The molecule has 2 saturated heterocycles. The van der Waals surface area contributed by atoms with Gasteiger partial charge in [-0.25, -0.2) is 0 Å². The highest BCUT2D eigenvalue weighted by molar-refractivity contribution is 5.88. The number of likely N-dealkylation sites (tertiary alicyclic amines) is 1. The molecule has 2 heterocycles. The van der Waals surface area contributed by atoms with E-state index in [0.29, 0.717) is 13.0 Å². The van der Waals surface area contributed by atoms with Gasteiger partial charge in [-0.05, 0) is 25.3 Å². The van der Waals surface area contributed by atoms with E-state index in [2.05, 4.69) is 15.5 Å². The lowest BCUT2D eigenvalue weighted by Gasteiger charge is -2.30. The second-order valence-electron chi connectivity index (χ2n) is 6.62. The molecule has 0 aliphatic carbocycles. The summed E-state index contributed by atoms with van der Waals surface area (Å²) in [5, 5.41) is 6.36. The van der Waals surface area contributed by atoms with E-state index in [1.165, 1.54) is 0 Å². The number of amides is 2. The van der Waals surface area contributed by atoms with E-state index in [0.717, 1.165) is 52.1 Å². The molecule has 1 atom stereocenters. The molecule has 1 unspecified atom stereocenters. The Kier molecular flexibility index (Phi) is 6.64. The van der Waals surface area contributed by atoms with Gasteiger partial charge in [0.25, 0.3) is 0 Å². The number of piperazine rings is 1. The molecular formula is C16H30N4O2. The van der Waals surface area contributed by atoms with Crippen molar-refractivity contribution in [1.29, 1.82) is 0 Å². The molecule has 0 aromatic rings. The van der Waals surface area contributed by atoms with Crippen LogP contribution in [0, 0.1) is 5.92 Å². The molecule has 2 rings (SSSR count). The number of hydrogen-bond acceptors (Lipinski definition) is 4. The van der Waals surface area contributed by atoms with Crippen molar-refractivity contribution in [3.05, 3.63) is 0 Å². The number of nitrogens with one attached hydrogen (secondary N) is 2. The van der Waals surface area contributed by atoms with Crippen molar-refractivity contribution in [3.8, 4) is 0 Å². The first-order valence-corrected chi connectivity index (χ1v) is 8.60. The topological polar surface area (TPSA) is 64.7 Å². The molecule has 2 aliphatic rings. The smallest absolute Gasteiger partial charge is 0.243 e. The zero-order valence-electron chi connectivity index (χ0n) is 13.9. The van der Waals surface area contributed by atoms with E-state index in [4.69, 9.17) is 0 Å². The maximum Gasteiger partial charge on any atom is 0.243 e. The number of carbonyl (C=O) groups excluding carboxylic acids is 2. The Morgan fingerprint density at radius 2 is 2.00 bits per heavy atom. The summed E-state index contributed by atoms with van der Waals surface area (Å²) in [4.78, 5) is 28.5. The fourth-order valence-corrected chi connectivity index (χ4v) is 3.32. The third kappa shape index (κ3) is 4.68. The molecule has 0 radical (unpaired) electrons.